The summed E-state index contributed by atoms with van der Waals surface area (Å²) in [5, 5.41) is 4.53. The summed E-state index contributed by atoms with van der Waals surface area (Å²) in [4.78, 5) is 38.5. The van der Waals surface area contributed by atoms with Crippen LogP contribution in [0.5, 0.6) is 0 Å². The summed E-state index contributed by atoms with van der Waals surface area (Å²) in [6.07, 6.45) is 1.66. The Hall–Kier alpha value is -2.09. The summed E-state index contributed by atoms with van der Waals surface area (Å²) in [6, 6.07) is 10.4. The standard InChI is InChI=1S/C16H11ClN2O3S2/c17-10-3-1-4-11(7-10)18-14(20)9-19-15(21)13(24-16(19)22)8-12-5-2-6-23-12/h1-8H,9H2,(H,18,20)/b13-8-. The number of halogens is 1. The van der Waals surface area contributed by atoms with Crippen LogP contribution in [0.1, 0.15) is 4.88 Å². The summed E-state index contributed by atoms with van der Waals surface area (Å²) in [6.45, 7) is -0.334. The fraction of sp³-hybridized carbons (Fsp3) is 0.0625. The number of hydrogen-bond acceptors (Lipinski definition) is 5. The van der Waals surface area contributed by atoms with Crippen molar-refractivity contribution in [3.8, 4) is 0 Å². The maximum Gasteiger partial charge on any atom is 0.294 e. The highest BCUT2D eigenvalue weighted by atomic mass is 35.5. The molecule has 1 aromatic heterocycles. The van der Waals surface area contributed by atoms with E-state index in [0.717, 1.165) is 21.5 Å². The second-order valence-electron chi connectivity index (χ2n) is 4.84. The summed E-state index contributed by atoms with van der Waals surface area (Å²) >= 11 is 8.15. The molecule has 0 radical (unpaired) electrons. The van der Waals surface area contributed by atoms with E-state index in [1.165, 1.54) is 11.3 Å². The molecule has 1 N–H and O–H groups in total. The van der Waals surface area contributed by atoms with Crippen LogP contribution in [0.4, 0.5) is 10.5 Å². The van der Waals surface area contributed by atoms with E-state index in [2.05, 4.69) is 5.32 Å². The lowest BCUT2D eigenvalue weighted by atomic mass is 10.3. The van der Waals surface area contributed by atoms with Gasteiger partial charge in [0.15, 0.2) is 0 Å². The Balaban J connectivity index is 1.67. The zero-order valence-electron chi connectivity index (χ0n) is 12.2. The zero-order chi connectivity index (χ0) is 17.1. The molecule has 5 nitrogen and oxygen atoms in total. The van der Waals surface area contributed by atoms with Gasteiger partial charge in [0.2, 0.25) is 5.91 Å². The Morgan fingerprint density at radius 2 is 2.08 bits per heavy atom. The molecular weight excluding hydrogens is 368 g/mol. The number of benzene rings is 1. The van der Waals surface area contributed by atoms with Crippen molar-refractivity contribution in [3.05, 3.63) is 56.6 Å². The number of nitrogens with zero attached hydrogens (tertiary/aromatic N) is 1. The van der Waals surface area contributed by atoms with E-state index in [1.54, 1.807) is 30.3 Å². The molecular formula is C16H11ClN2O3S2. The third kappa shape index (κ3) is 3.87. The van der Waals surface area contributed by atoms with Crippen molar-refractivity contribution in [2.24, 2.45) is 0 Å². The Morgan fingerprint density at radius 1 is 1.25 bits per heavy atom. The predicted octanol–water partition coefficient (Wildman–Crippen LogP) is 4.08. The van der Waals surface area contributed by atoms with E-state index >= 15 is 0 Å². The van der Waals surface area contributed by atoms with E-state index in [-0.39, 0.29) is 6.54 Å². The maximum absolute atomic E-state index is 12.3. The molecule has 0 unspecified atom stereocenters. The Morgan fingerprint density at radius 3 is 2.79 bits per heavy atom. The maximum atomic E-state index is 12.3. The van der Waals surface area contributed by atoms with Crippen molar-refractivity contribution in [3.63, 3.8) is 0 Å². The molecule has 0 saturated carbocycles. The monoisotopic (exact) mass is 378 g/mol. The van der Waals surface area contributed by atoms with Crippen LogP contribution in [0.2, 0.25) is 5.02 Å². The van der Waals surface area contributed by atoms with Crippen LogP contribution in [0.25, 0.3) is 6.08 Å². The summed E-state index contributed by atoms with van der Waals surface area (Å²) in [5.41, 5.74) is 0.508. The van der Waals surface area contributed by atoms with Crippen LogP contribution in [0.15, 0.2) is 46.7 Å². The second-order valence-corrected chi connectivity index (χ2v) is 7.25. The summed E-state index contributed by atoms with van der Waals surface area (Å²) in [5.74, 6) is -0.920. The molecule has 1 aliphatic heterocycles. The van der Waals surface area contributed by atoms with Gasteiger partial charge >= 0.3 is 0 Å². The molecule has 2 aromatic rings. The molecule has 0 aliphatic carbocycles. The first kappa shape index (κ1) is 16.8. The lowest BCUT2D eigenvalue weighted by Gasteiger charge is -2.12. The van der Waals surface area contributed by atoms with Crippen molar-refractivity contribution in [2.75, 3.05) is 11.9 Å². The lowest BCUT2D eigenvalue weighted by molar-refractivity contribution is -0.127. The third-order valence-corrected chi connectivity index (χ3v) is 5.06. The first-order chi connectivity index (χ1) is 11.5. The first-order valence-electron chi connectivity index (χ1n) is 6.87. The van der Waals surface area contributed by atoms with Crippen LogP contribution in [0, 0.1) is 0 Å². The van der Waals surface area contributed by atoms with Gasteiger partial charge < -0.3 is 5.32 Å². The van der Waals surface area contributed by atoms with Crippen molar-refractivity contribution >= 4 is 63.5 Å². The lowest BCUT2D eigenvalue weighted by Crippen LogP contribution is -2.36. The topological polar surface area (TPSA) is 66.5 Å². The number of carbonyl (C=O) groups excluding carboxylic acids is 3. The number of hydrogen-bond donors (Lipinski definition) is 1. The van der Waals surface area contributed by atoms with Crippen LogP contribution < -0.4 is 5.32 Å². The van der Waals surface area contributed by atoms with Gasteiger partial charge in [0, 0.05) is 15.6 Å². The molecule has 1 aliphatic rings. The highest BCUT2D eigenvalue weighted by Crippen LogP contribution is 2.32. The molecule has 1 saturated heterocycles. The summed E-state index contributed by atoms with van der Waals surface area (Å²) in [7, 11) is 0. The minimum atomic E-state index is -0.461. The normalized spacial score (nSPS) is 16.0. The van der Waals surface area contributed by atoms with Crippen LogP contribution in [-0.2, 0) is 9.59 Å². The van der Waals surface area contributed by atoms with Crippen LogP contribution in [-0.4, -0.2) is 28.5 Å². The van der Waals surface area contributed by atoms with E-state index < -0.39 is 17.1 Å². The van der Waals surface area contributed by atoms with Crippen molar-refractivity contribution in [1.82, 2.24) is 4.90 Å². The summed E-state index contributed by atoms with van der Waals surface area (Å²) < 4.78 is 0. The molecule has 0 atom stereocenters. The molecule has 2 heterocycles. The number of thiophene rings is 1. The SMILES string of the molecule is O=C(CN1C(=O)S/C(=C\c2cccs2)C1=O)Nc1cccc(Cl)c1. The molecule has 1 aromatic carbocycles. The van der Waals surface area contributed by atoms with Gasteiger partial charge in [0.05, 0.1) is 4.91 Å². The van der Waals surface area contributed by atoms with Gasteiger partial charge in [-0.05, 0) is 47.5 Å². The smallest absolute Gasteiger partial charge is 0.294 e. The van der Waals surface area contributed by atoms with Gasteiger partial charge in [-0.15, -0.1) is 11.3 Å². The van der Waals surface area contributed by atoms with E-state index in [4.69, 9.17) is 11.6 Å². The molecule has 24 heavy (non-hydrogen) atoms. The number of amides is 3. The number of thioether (sulfide) groups is 1. The number of imide groups is 1. The van der Waals surface area contributed by atoms with Crippen molar-refractivity contribution in [2.45, 2.75) is 0 Å². The van der Waals surface area contributed by atoms with Crippen molar-refractivity contribution in [1.29, 1.82) is 0 Å². The first-order valence-corrected chi connectivity index (χ1v) is 8.94. The number of nitrogens with one attached hydrogen (secondary N) is 1. The highest BCUT2D eigenvalue weighted by Gasteiger charge is 2.36. The second kappa shape index (κ2) is 7.21. The zero-order valence-corrected chi connectivity index (χ0v) is 14.6. The minimum absolute atomic E-state index is 0.318. The van der Waals surface area contributed by atoms with Gasteiger partial charge in [0.1, 0.15) is 6.54 Å². The predicted molar refractivity (Wildman–Crippen MR) is 97.1 cm³/mol. The van der Waals surface area contributed by atoms with Crippen LogP contribution in [0.3, 0.4) is 0 Å². The molecule has 8 heteroatoms. The molecule has 3 amide bonds. The minimum Gasteiger partial charge on any atom is -0.324 e. The average Bonchev–Trinajstić information content (AvgIpc) is 3.12. The van der Waals surface area contributed by atoms with E-state index in [9.17, 15) is 14.4 Å². The van der Waals surface area contributed by atoms with Gasteiger partial charge in [0.25, 0.3) is 11.1 Å². The molecule has 122 valence electrons. The van der Waals surface area contributed by atoms with Crippen LogP contribution >= 0.6 is 34.7 Å². The fourth-order valence-corrected chi connectivity index (χ4v) is 3.80. The number of anilines is 1. The van der Waals surface area contributed by atoms with Gasteiger partial charge in [-0.2, -0.15) is 0 Å². The molecule has 1 fully saturated rings. The number of carbonyl (C=O) groups is 3. The van der Waals surface area contributed by atoms with E-state index in [1.807, 2.05) is 17.5 Å². The quantitative estimate of drug-likeness (QED) is 0.814. The largest absolute Gasteiger partial charge is 0.324 e. The van der Waals surface area contributed by atoms with Crippen molar-refractivity contribution < 1.29 is 14.4 Å². The molecule has 3 rings (SSSR count). The Kier molecular flexibility index (Phi) is 5.03. The van der Waals surface area contributed by atoms with Gasteiger partial charge in [-0.3, -0.25) is 19.3 Å². The third-order valence-electron chi connectivity index (χ3n) is 3.10. The molecule has 0 spiro atoms. The average molecular weight is 379 g/mol. The van der Waals surface area contributed by atoms with Gasteiger partial charge in [-0.25, -0.2) is 0 Å². The Labute approximate surface area is 151 Å². The molecule has 0 bridgehead atoms. The van der Waals surface area contributed by atoms with E-state index in [0.29, 0.717) is 15.6 Å². The fourth-order valence-electron chi connectivity index (χ4n) is 2.05. The van der Waals surface area contributed by atoms with Gasteiger partial charge in [-0.1, -0.05) is 23.7 Å². The highest BCUT2D eigenvalue weighted by molar-refractivity contribution is 8.18. The Bertz CT molecular complexity index is 834. The number of rotatable bonds is 4.